The fraction of sp³-hybridized carbons (Fsp3) is 0.100. The molecule has 0 saturated heterocycles. The fourth-order valence-corrected chi connectivity index (χ4v) is 3.57. The lowest BCUT2D eigenvalue weighted by atomic mass is 10.1. The van der Waals surface area contributed by atoms with E-state index in [0.717, 1.165) is 5.56 Å². The van der Waals surface area contributed by atoms with Gasteiger partial charge in [0.25, 0.3) is 0 Å². The summed E-state index contributed by atoms with van der Waals surface area (Å²) in [7, 11) is 1.59. The summed E-state index contributed by atoms with van der Waals surface area (Å²) >= 11 is 13.2. The summed E-state index contributed by atoms with van der Waals surface area (Å²) in [4.78, 5) is 9.23. The van der Waals surface area contributed by atoms with Gasteiger partial charge < -0.3 is 14.2 Å². The highest BCUT2D eigenvalue weighted by atomic mass is 35.5. The van der Waals surface area contributed by atoms with Gasteiger partial charge in [0.1, 0.15) is 37.9 Å². The predicted molar refractivity (Wildman–Crippen MR) is 102 cm³/mol. The van der Waals surface area contributed by atoms with E-state index in [0.29, 0.717) is 60.9 Å². The van der Waals surface area contributed by atoms with Gasteiger partial charge in [-0.2, -0.15) is 0 Å². The second-order valence-corrected chi connectivity index (χ2v) is 6.97. The zero-order valence-electron chi connectivity index (χ0n) is 14.3. The summed E-state index contributed by atoms with van der Waals surface area (Å²) in [5, 5.41) is 1.46. The molecule has 0 unspecified atom stereocenters. The molecule has 7 heteroatoms. The number of rotatable bonds is 1. The molecule has 0 fully saturated rings. The quantitative estimate of drug-likeness (QED) is 0.378. The molecule has 134 valence electrons. The van der Waals surface area contributed by atoms with E-state index >= 15 is 0 Å². The summed E-state index contributed by atoms with van der Waals surface area (Å²) in [6.07, 6.45) is 0. The van der Waals surface area contributed by atoms with Crippen molar-refractivity contribution in [3.63, 3.8) is 0 Å². The molecule has 0 aromatic heterocycles. The van der Waals surface area contributed by atoms with Gasteiger partial charge in [0.05, 0.1) is 7.11 Å². The number of nitrogens with zero attached hydrogens (tertiary/aromatic N) is 2. The van der Waals surface area contributed by atoms with E-state index in [1.807, 2.05) is 25.1 Å². The molecule has 0 saturated carbocycles. The van der Waals surface area contributed by atoms with Gasteiger partial charge in [0.15, 0.2) is 23.0 Å². The highest BCUT2D eigenvalue weighted by Gasteiger charge is 2.27. The predicted octanol–water partition coefficient (Wildman–Crippen LogP) is 5.42. The van der Waals surface area contributed by atoms with Crippen LogP contribution in [0.4, 0.5) is 11.4 Å². The van der Waals surface area contributed by atoms with Crippen LogP contribution in [0, 0.1) is 6.92 Å². The molecule has 5 rings (SSSR count). The third-order valence-electron chi connectivity index (χ3n) is 4.42. The van der Waals surface area contributed by atoms with Gasteiger partial charge in [-0.3, -0.25) is 0 Å². The molecular weight excluding hydrogens is 387 g/mol. The zero-order chi connectivity index (χ0) is 18.7. The maximum atomic E-state index is 6.61. The molecular formula is C20H12Cl2N2O3. The number of aryl methyl sites for hydroxylation is 1. The SMILES string of the molecule is COc1ccc2c(c1)Oc1c(Cl)c3c(c(Cl)c1=N2)Oc1cc(C)ccc1N=3. The topological polar surface area (TPSA) is 52.4 Å². The molecule has 3 aromatic carbocycles. The number of halogens is 2. The van der Waals surface area contributed by atoms with Crippen LogP contribution in [0.25, 0.3) is 0 Å². The summed E-state index contributed by atoms with van der Waals surface area (Å²) in [6.45, 7) is 1.98. The van der Waals surface area contributed by atoms with Gasteiger partial charge in [-0.1, -0.05) is 29.3 Å². The van der Waals surface area contributed by atoms with E-state index < -0.39 is 0 Å². The Hall–Kier alpha value is -2.76. The summed E-state index contributed by atoms with van der Waals surface area (Å²) in [5.41, 5.74) is 2.37. The average Bonchev–Trinajstić information content (AvgIpc) is 2.69. The number of methoxy groups -OCH3 is 1. The highest BCUT2D eigenvalue weighted by molar-refractivity contribution is 6.35. The molecule has 2 heterocycles. The number of fused-ring (bicyclic) bond motifs is 4. The van der Waals surface area contributed by atoms with E-state index in [9.17, 15) is 0 Å². The molecule has 0 amide bonds. The highest BCUT2D eigenvalue weighted by Crippen LogP contribution is 2.43. The Balaban J connectivity index is 1.79. The van der Waals surface area contributed by atoms with Crippen LogP contribution in [-0.2, 0) is 0 Å². The lowest BCUT2D eigenvalue weighted by molar-refractivity contribution is 0.407. The smallest absolute Gasteiger partial charge is 0.175 e. The van der Waals surface area contributed by atoms with Crippen LogP contribution in [0.3, 0.4) is 0 Å². The first-order valence-corrected chi connectivity index (χ1v) is 8.93. The minimum absolute atomic E-state index is 0.299. The molecule has 0 atom stereocenters. The minimum Gasteiger partial charge on any atom is -0.497 e. The second-order valence-electron chi connectivity index (χ2n) is 6.22. The molecule has 2 aliphatic heterocycles. The van der Waals surface area contributed by atoms with Crippen LogP contribution < -0.4 is 24.9 Å². The first kappa shape index (κ1) is 16.4. The van der Waals surface area contributed by atoms with Gasteiger partial charge in [-0.15, -0.1) is 0 Å². The minimum atomic E-state index is 0.299. The first-order chi connectivity index (χ1) is 13.0. The van der Waals surface area contributed by atoms with Gasteiger partial charge in [0.2, 0.25) is 0 Å². The van der Waals surface area contributed by atoms with Crippen LogP contribution in [0.15, 0.2) is 46.4 Å². The van der Waals surface area contributed by atoms with Crippen LogP contribution in [0.5, 0.6) is 28.7 Å². The number of hydrogen-bond acceptors (Lipinski definition) is 5. The van der Waals surface area contributed by atoms with Crippen LogP contribution in [0.1, 0.15) is 5.56 Å². The maximum Gasteiger partial charge on any atom is 0.175 e. The van der Waals surface area contributed by atoms with Crippen molar-refractivity contribution in [1.82, 2.24) is 0 Å². The van der Waals surface area contributed by atoms with Gasteiger partial charge in [0, 0.05) is 6.07 Å². The van der Waals surface area contributed by atoms with Crippen molar-refractivity contribution in [2.24, 2.45) is 9.98 Å². The van der Waals surface area contributed by atoms with Crippen LogP contribution >= 0.6 is 23.2 Å². The summed E-state index contributed by atoms with van der Waals surface area (Å²) < 4.78 is 17.3. The van der Waals surface area contributed by atoms with Crippen LogP contribution in [-0.4, -0.2) is 7.11 Å². The zero-order valence-corrected chi connectivity index (χ0v) is 15.9. The number of ether oxygens (including phenoxy) is 3. The number of hydrogen-bond donors (Lipinski definition) is 0. The Kier molecular flexibility index (Phi) is 3.57. The molecule has 27 heavy (non-hydrogen) atoms. The molecule has 0 N–H and O–H groups in total. The van der Waals surface area contributed by atoms with Crippen molar-refractivity contribution < 1.29 is 14.2 Å². The van der Waals surface area contributed by atoms with Gasteiger partial charge >= 0.3 is 0 Å². The Labute approximate surface area is 164 Å². The van der Waals surface area contributed by atoms with Gasteiger partial charge in [-0.05, 0) is 36.8 Å². The third-order valence-corrected chi connectivity index (χ3v) is 5.12. The molecule has 0 aliphatic carbocycles. The standard InChI is InChI=1S/C20H12Cl2N2O3/c1-9-3-5-11-13(7-9)26-19-15(21)18-20(16(22)17(19)23-11)27-14-8-10(25-2)4-6-12(14)24-18/h3-8H,1-2H3. The Morgan fingerprint density at radius 1 is 0.815 bits per heavy atom. The number of benzene rings is 3. The average molecular weight is 399 g/mol. The molecule has 3 aromatic rings. The molecule has 5 nitrogen and oxygen atoms in total. The molecule has 0 radical (unpaired) electrons. The van der Waals surface area contributed by atoms with Crippen molar-refractivity contribution in [1.29, 1.82) is 0 Å². The van der Waals surface area contributed by atoms with E-state index in [4.69, 9.17) is 37.4 Å². The maximum absolute atomic E-state index is 6.61. The molecule has 0 bridgehead atoms. The lowest BCUT2D eigenvalue weighted by Crippen LogP contribution is -2.22. The second kappa shape index (κ2) is 5.87. The van der Waals surface area contributed by atoms with Crippen molar-refractivity contribution >= 4 is 34.6 Å². The van der Waals surface area contributed by atoms with Crippen molar-refractivity contribution in [2.45, 2.75) is 6.92 Å². The molecule has 0 spiro atoms. The van der Waals surface area contributed by atoms with Crippen molar-refractivity contribution in [3.8, 4) is 28.7 Å². The molecule has 2 aliphatic rings. The van der Waals surface area contributed by atoms with Crippen LogP contribution in [0.2, 0.25) is 10.0 Å². The Bertz CT molecular complexity index is 1260. The van der Waals surface area contributed by atoms with E-state index in [1.165, 1.54) is 0 Å². The van der Waals surface area contributed by atoms with Crippen molar-refractivity contribution in [2.75, 3.05) is 7.11 Å². The fourth-order valence-electron chi connectivity index (χ4n) is 3.06. The summed E-state index contributed by atoms with van der Waals surface area (Å²) in [5.74, 6) is 2.55. The van der Waals surface area contributed by atoms with E-state index in [2.05, 4.69) is 9.98 Å². The Morgan fingerprint density at radius 3 is 1.96 bits per heavy atom. The van der Waals surface area contributed by atoms with Crippen molar-refractivity contribution in [3.05, 3.63) is 62.7 Å². The van der Waals surface area contributed by atoms with E-state index in [-0.39, 0.29) is 0 Å². The monoisotopic (exact) mass is 398 g/mol. The largest absolute Gasteiger partial charge is 0.497 e. The third kappa shape index (κ3) is 2.46. The van der Waals surface area contributed by atoms with E-state index in [1.54, 1.807) is 25.3 Å². The van der Waals surface area contributed by atoms with Gasteiger partial charge in [-0.25, -0.2) is 9.98 Å². The lowest BCUT2D eigenvalue weighted by Gasteiger charge is -2.21. The summed E-state index contributed by atoms with van der Waals surface area (Å²) in [6, 6.07) is 11.1. The first-order valence-electron chi connectivity index (χ1n) is 8.18. The Morgan fingerprint density at radius 2 is 1.37 bits per heavy atom. The normalized spacial score (nSPS) is 12.9.